The van der Waals surface area contributed by atoms with E-state index in [9.17, 15) is 14.7 Å². The van der Waals surface area contributed by atoms with Crippen molar-refractivity contribution in [1.29, 1.82) is 0 Å². The Bertz CT molecular complexity index is 960. The lowest BCUT2D eigenvalue weighted by atomic mass is 9.86. The molecule has 2 atom stereocenters. The Kier molecular flexibility index (Phi) is 49.4. The van der Waals surface area contributed by atoms with Crippen LogP contribution in [0, 0.1) is 5.92 Å². The van der Waals surface area contributed by atoms with Crippen LogP contribution in [-0.2, 0) is 9.59 Å². The Morgan fingerprint density at radius 2 is 0.580 bits per heavy atom. The lowest BCUT2D eigenvalue weighted by Gasteiger charge is -2.33. The van der Waals surface area contributed by atoms with Crippen molar-refractivity contribution in [2.45, 2.75) is 342 Å². The van der Waals surface area contributed by atoms with Gasteiger partial charge in [0, 0.05) is 45.6 Å². The lowest BCUT2D eigenvalue weighted by molar-refractivity contribution is -0.132. The molecule has 0 unspecified atom stereocenters. The van der Waals surface area contributed by atoms with E-state index in [0.717, 1.165) is 90.8 Å². The molecule has 0 bridgehead atoms. The van der Waals surface area contributed by atoms with E-state index < -0.39 is 0 Å². The molecule has 0 radical (unpaired) electrons. The second-order valence-corrected chi connectivity index (χ2v) is 22.6. The minimum absolute atomic E-state index is 0.132. The van der Waals surface area contributed by atoms with Gasteiger partial charge in [-0.2, -0.15) is 0 Å². The molecule has 69 heavy (non-hydrogen) atoms. The van der Waals surface area contributed by atoms with E-state index in [0.29, 0.717) is 17.7 Å². The highest BCUT2D eigenvalue weighted by Gasteiger charge is 2.25. The van der Waals surface area contributed by atoms with E-state index in [1.807, 2.05) is 0 Å². The number of rotatable bonds is 54. The van der Waals surface area contributed by atoms with Crippen molar-refractivity contribution in [3.8, 4) is 0 Å². The minimum Gasteiger partial charge on any atom is -0.393 e. The summed E-state index contributed by atoms with van der Waals surface area (Å²) in [5, 5.41) is 10.9. The standard InChI is InChI=1S/C63H125N3O3/c1-5-9-13-17-21-25-35-45-55-65(56-46-36-26-22-18-14-10-6-2)62(68)51-39-31-29-33-43-53-64(59-60-49-41-42-50-61(60)67)54-44-34-30-32-40-52-63(69)66(57-47-37-27-23-19-15-11-7-3)58-48-38-28-24-20-16-12-8-4/h60-61,67H,5-59H2,1-4H3/t60-,61+/m0/s1. The molecule has 0 spiro atoms. The van der Waals surface area contributed by atoms with Gasteiger partial charge >= 0.3 is 0 Å². The molecular weight excluding hydrogens is 847 g/mol. The topological polar surface area (TPSA) is 64.1 Å². The first kappa shape index (κ1) is 65.9. The van der Waals surface area contributed by atoms with Gasteiger partial charge in [0.15, 0.2) is 0 Å². The Labute approximate surface area is 433 Å². The fourth-order valence-electron chi connectivity index (χ4n) is 11.1. The third-order valence-electron chi connectivity index (χ3n) is 15.9. The Balaban J connectivity index is 2.47. The normalized spacial score (nSPS) is 15.1. The van der Waals surface area contributed by atoms with Gasteiger partial charge in [0.1, 0.15) is 0 Å². The van der Waals surface area contributed by atoms with Gasteiger partial charge in [-0.3, -0.25) is 9.59 Å². The number of hydrogen-bond acceptors (Lipinski definition) is 4. The van der Waals surface area contributed by atoms with E-state index >= 15 is 0 Å². The molecular formula is C63H125N3O3. The first-order chi connectivity index (χ1) is 34.0. The van der Waals surface area contributed by atoms with Gasteiger partial charge in [0.25, 0.3) is 0 Å². The summed E-state index contributed by atoms with van der Waals surface area (Å²) in [5.74, 6) is 1.25. The Morgan fingerprint density at radius 3 is 0.870 bits per heavy atom. The van der Waals surface area contributed by atoms with Crippen molar-refractivity contribution >= 4 is 11.8 Å². The number of carbonyl (C=O) groups excluding carboxylic acids is 2. The quantitative estimate of drug-likeness (QED) is 0.0617. The molecule has 410 valence electrons. The number of carbonyl (C=O) groups is 2. The van der Waals surface area contributed by atoms with Gasteiger partial charge in [0.05, 0.1) is 6.10 Å². The molecule has 6 heteroatoms. The van der Waals surface area contributed by atoms with Crippen molar-refractivity contribution < 1.29 is 14.7 Å². The van der Waals surface area contributed by atoms with E-state index in [1.54, 1.807) is 0 Å². The van der Waals surface area contributed by atoms with Crippen LogP contribution >= 0.6 is 0 Å². The monoisotopic (exact) mass is 972 g/mol. The number of aliphatic hydroxyl groups excluding tert-OH is 1. The van der Waals surface area contributed by atoms with Crippen LogP contribution < -0.4 is 0 Å². The van der Waals surface area contributed by atoms with Gasteiger partial charge in [-0.05, 0) is 83.2 Å². The Morgan fingerprint density at radius 1 is 0.333 bits per heavy atom. The summed E-state index contributed by atoms with van der Waals surface area (Å²) in [5.41, 5.74) is 0. The molecule has 0 saturated heterocycles. The SMILES string of the molecule is CCCCCCCCCCN(CCCCCCCCCC)C(=O)CCCCCCCN(CCCCCCCC(=O)N(CCCCCCCCCC)CCCCCCCCCC)C[C@@H]1CCCC[C@H]1O. The highest BCUT2D eigenvalue weighted by Crippen LogP contribution is 2.26. The van der Waals surface area contributed by atoms with Crippen molar-refractivity contribution in [3.63, 3.8) is 0 Å². The maximum absolute atomic E-state index is 13.5. The van der Waals surface area contributed by atoms with Crippen LogP contribution in [-0.4, -0.2) is 83.5 Å². The third-order valence-corrected chi connectivity index (χ3v) is 15.9. The molecule has 0 aliphatic heterocycles. The van der Waals surface area contributed by atoms with Crippen LogP contribution in [0.2, 0.25) is 0 Å². The van der Waals surface area contributed by atoms with Crippen molar-refractivity contribution in [3.05, 3.63) is 0 Å². The predicted molar refractivity (Wildman–Crippen MR) is 303 cm³/mol. The average molecular weight is 973 g/mol. The zero-order valence-electron chi connectivity index (χ0n) is 47.7. The average Bonchev–Trinajstić information content (AvgIpc) is 3.35. The summed E-state index contributed by atoms with van der Waals surface area (Å²) < 4.78 is 0. The maximum atomic E-state index is 13.5. The second-order valence-electron chi connectivity index (χ2n) is 22.6. The fraction of sp³-hybridized carbons (Fsp3) is 0.968. The van der Waals surface area contributed by atoms with Gasteiger partial charge in [-0.25, -0.2) is 0 Å². The molecule has 1 fully saturated rings. The number of nitrogens with zero attached hydrogens (tertiary/aromatic N) is 3. The third kappa shape index (κ3) is 42.0. The molecule has 1 aliphatic rings. The van der Waals surface area contributed by atoms with Gasteiger partial charge in [-0.1, -0.05) is 259 Å². The number of aliphatic hydroxyl groups is 1. The number of unbranched alkanes of at least 4 members (excludes halogenated alkanes) is 36. The molecule has 0 aromatic heterocycles. The van der Waals surface area contributed by atoms with Gasteiger partial charge < -0.3 is 19.8 Å². The second kappa shape index (κ2) is 51.7. The largest absolute Gasteiger partial charge is 0.393 e. The lowest BCUT2D eigenvalue weighted by Crippen LogP contribution is -2.38. The van der Waals surface area contributed by atoms with Crippen LogP contribution in [0.4, 0.5) is 0 Å². The van der Waals surface area contributed by atoms with E-state index in [4.69, 9.17) is 0 Å². The summed E-state index contributed by atoms with van der Waals surface area (Å²) in [6, 6.07) is 0. The van der Waals surface area contributed by atoms with Crippen LogP contribution in [0.25, 0.3) is 0 Å². The summed E-state index contributed by atoms with van der Waals surface area (Å²) in [4.78, 5) is 34.2. The fourth-order valence-corrected chi connectivity index (χ4v) is 11.1. The zero-order valence-corrected chi connectivity index (χ0v) is 47.7. The predicted octanol–water partition coefficient (Wildman–Crippen LogP) is 18.7. The zero-order chi connectivity index (χ0) is 49.9. The number of amides is 2. The molecule has 0 aromatic rings. The van der Waals surface area contributed by atoms with Crippen molar-refractivity contribution in [2.75, 3.05) is 45.8 Å². The highest BCUT2D eigenvalue weighted by molar-refractivity contribution is 5.76. The van der Waals surface area contributed by atoms with Crippen LogP contribution in [0.3, 0.4) is 0 Å². The van der Waals surface area contributed by atoms with E-state index in [-0.39, 0.29) is 6.10 Å². The van der Waals surface area contributed by atoms with Crippen molar-refractivity contribution in [1.82, 2.24) is 14.7 Å². The van der Waals surface area contributed by atoms with E-state index in [2.05, 4.69) is 42.4 Å². The molecule has 1 saturated carbocycles. The first-order valence-corrected chi connectivity index (χ1v) is 31.9. The van der Waals surface area contributed by atoms with Gasteiger partial charge in [0.2, 0.25) is 11.8 Å². The first-order valence-electron chi connectivity index (χ1n) is 31.9. The summed E-state index contributed by atoms with van der Waals surface area (Å²) in [6.45, 7) is 16.3. The smallest absolute Gasteiger partial charge is 0.222 e. The van der Waals surface area contributed by atoms with Crippen molar-refractivity contribution in [2.24, 2.45) is 5.92 Å². The van der Waals surface area contributed by atoms with Gasteiger partial charge in [-0.15, -0.1) is 0 Å². The van der Waals surface area contributed by atoms with E-state index in [1.165, 1.54) is 263 Å². The minimum atomic E-state index is -0.132. The molecule has 0 aromatic carbocycles. The summed E-state index contributed by atoms with van der Waals surface area (Å²) >= 11 is 0. The van der Waals surface area contributed by atoms with Crippen LogP contribution in [0.5, 0.6) is 0 Å². The molecule has 0 heterocycles. The summed E-state index contributed by atoms with van der Waals surface area (Å²) in [7, 11) is 0. The molecule has 1 rings (SSSR count). The number of hydrogen-bond donors (Lipinski definition) is 1. The Hall–Kier alpha value is -1.14. The molecule has 1 aliphatic carbocycles. The summed E-state index contributed by atoms with van der Waals surface area (Å²) in [6.07, 6.45) is 59.9. The highest BCUT2D eigenvalue weighted by atomic mass is 16.3. The molecule has 1 N–H and O–H groups in total. The van der Waals surface area contributed by atoms with Crippen LogP contribution in [0.15, 0.2) is 0 Å². The maximum Gasteiger partial charge on any atom is 0.222 e. The molecule has 6 nitrogen and oxygen atoms in total. The van der Waals surface area contributed by atoms with Crippen LogP contribution in [0.1, 0.15) is 336 Å². The molecule has 2 amide bonds.